The van der Waals surface area contributed by atoms with E-state index in [0.29, 0.717) is 12.8 Å². The zero-order valence-corrected chi connectivity index (χ0v) is 23.7. The van der Waals surface area contributed by atoms with Crippen LogP contribution in [0, 0.1) is 0 Å². The molecule has 0 fully saturated rings. The molecular formula is C34H30O4S2. The fourth-order valence-electron chi connectivity index (χ4n) is 4.45. The van der Waals surface area contributed by atoms with Crippen molar-refractivity contribution in [1.82, 2.24) is 0 Å². The molecule has 0 radical (unpaired) electrons. The van der Waals surface area contributed by atoms with Gasteiger partial charge in [0.1, 0.15) is 0 Å². The van der Waals surface area contributed by atoms with E-state index in [1.807, 2.05) is 24.3 Å². The van der Waals surface area contributed by atoms with Gasteiger partial charge < -0.3 is 9.47 Å². The standard InChI is InChI=1S/C34H30O4S2/c35-33(37-21-9-23-39-31-19-7-13-25-11-1-3-15-27(25)31)29-17-5-6-18-30(29)34(36)38-22-10-24-40-32-20-8-14-26-12-2-4-16-28(26)32/h1-8,11-20H,9-10,21-24H2. The Morgan fingerprint density at radius 2 is 0.900 bits per heavy atom. The van der Waals surface area contributed by atoms with E-state index in [4.69, 9.17) is 9.47 Å². The molecule has 40 heavy (non-hydrogen) atoms. The molecule has 4 nitrogen and oxygen atoms in total. The highest BCUT2D eigenvalue weighted by Gasteiger charge is 2.19. The Labute approximate surface area is 243 Å². The van der Waals surface area contributed by atoms with Crippen molar-refractivity contribution in [3.8, 4) is 0 Å². The number of fused-ring (bicyclic) bond motifs is 2. The first-order valence-corrected chi connectivity index (χ1v) is 15.3. The molecule has 6 heteroatoms. The van der Waals surface area contributed by atoms with E-state index in [-0.39, 0.29) is 24.3 Å². The Kier molecular flexibility index (Phi) is 9.77. The minimum Gasteiger partial charge on any atom is -0.462 e. The quantitative estimate of drug-likeness (QED) is 0.0856. The maximum absolute atomic E-state index is 12.8. The molecule has 5 aromatic carbocycles. The van der Waals surface area contributed by atoms with Crippen molar-refractivity contribution in [2.75, 3.05) is 24.7 Å². The predicted octanol–water partition coefficient (Wildman–Crippen LogP) is 8.67. The van der Waals surface area contributed by atoms with E-state index in [1.54, 1.807) is 47.8 Å². The van der Waals surface area contributed by atoms with E-state index in [0.717, 1.165) is 11.5 Å². The minimum atomic E-state index is -0.505. The number of hydrogen-bond donors (Lipinski definition) is 0. The zero-order chi connectivity index (χ0) is 27.6. The molecule has 0 saturated carbocycles. The van der Waals surface area contributed by atoms with Crippen LogP contribution in [0.5, 0.6) is 0 Å². The molecule has 0 aliphatic heterocycles. The highest BCUT2D eigenvalue weighted by molar-refractivity contribution is 7.99. The third-order valence-electron chi connectivity index (χ3n) is 6.42. The number of carbonyl (C=O) groups is 2. The Hall–Kier alpha value is -3.74. The first kappa shape index (κ1) is 27.8. The lowest BCUT2D eigenvalue weighted by molar-refractivity contribution is 0.0459. The second-order valence-electron chi connectivity index (χ2n) is 9.18. The summed E-state index contributed by atoms with van der Waals surface area (Å²) in [7, 11) is 0. The number of benzene rings is 5. The van der Waals surface area contributed by atoms with E-state index in [1.165, 1.54) is 31.3 Å². The monoisotopic (exact) mass is 566 g/mol. The van der Waals surface area contributed by atoms with Gasteiger partial charge in [-0.05, 0) is 58.7 Å². The van der Waals surface area contributed by atoms with E-state index in [9.17, 15) is 9.59 Å². The predicted molar refractivity (Wildman–Crippen MR) is 166 cm³/mol. The molecule has 0 heterocycles. The van der Waals surface area contributed by atoms with Crippen molar-refractivity contribution in [3.05, 3.63) is 120 Å². The normalized spacial score (nSPS) is 11.0. The van der Waals surface area contributed by atoms with Crippen LogP contribution in [0.3, 0.4) is 0 Å². The Bertz CT molecular complexity index is 1480. The van der Waals surface area contributed by atoms with Crippen molar-refractivity contribution >= 4 is 57.0 Å². The van der Waals surface area contributed by atoms with Crippen LogP contribution in [-0.2, 0) is 9.47 Å². The topological polar surface area (TPSA) is 52.6 Å². The Morgan fingerprint density at radius 1 is 0.500 bits per heavy atom. The summed E-state index contributed by atoms with van der Waals surface area (Å²) in [6.45, 7) is 0.566. The average Bonchev–Trinajstić information content (AvgIpc) is 3.00. The van der Waals surface area contributed by atoms with E-state index in [2.05, 4.69) is 60.7 Å². The molecule has 0 spiro atoms. The van der Waals surface area contributed by atoms with Gasteiger partial charge in [0.05, 0.1) is 24.3 Å². The molecule has 0 unspecified atom stereocenters. The van der Waals surface area contributed by atoms with Crippen LogP contribution < -0.4 is 0 Å². The lowest BCUT2D eigenvalue weighted by Crippen LogP contribution is -2.15. The second-order valence-corrected chi connectivity index (χ2v) is 11.4. The fourth-order valence-corrected chi connectivity index (χ4v) is 6.45. The molecule has 0 aromatic heterocycles. The Balaban J connectivity index is 1.06. The maximum Gasteiger partial charge on any atom is 0.339 e. The number of carbonyl (C=O) groups excluding carboxylic acids is 2. The summed E-state index contributed by atoms with van der Waals surface area (Å²) in [6.07, 6.45) is 1.42. The molecule has 0 bridgehead atoms. The van der Waals surface area contributed by atoms with Gasteiger partial charge in [-0.15, -0.1) is 23.5 Å². The highest BCUT2D eigenvalue weighted by atomic mass is 32.2. The summed E-state index contributed by atoms with van der Waals surface area (Å²) in [6, 6.07) is 35.9. The van der Waals surface area contributed by atoms with Crippen LogP contribution in [0.25, 0.3) is 21.5 Å². The Morgan fingerprint density at radius 3 is 1.38 bits per heavy atom. The van der Waals surface area contributed by atoms with Gasteiger partial charge in [0.25, 0.3) is 0 Å². The molecule has 0 amide bonds. The molecule has 202 valence electrons. The summed E-state index contributed by atoms with van der Waals surface area (Å²) >= 11 is 3.50. The largest absolute Gasteiger partial charge is 0.462 e. The van der Waals surface area contributed by atoms with Gasteiger partial charge in [-0.1, -0.05) is 84.9 Å². The van der Waals surface area contributed by atoms with Crippen LogP contribution in [0.1, 0.15) is 33.6 Å². The summed E-state index contributed by atoms with van der Waals surface area (Å²) in [4.78, 5) is 28.0. The first-order valence-electron chi connectivity index (χ1n) is 13.3. The molecule has 0 atom stereocenters. The summed E-state index contributed by atoms with van der Waals surface area (Å²) in [5, 5.41) is 4.88. The van der Waals surface area contributed by atoms with Gasteiger partial charge in [-0.2, -0.15) is 0 Å². The average molecular weight is 567 g/mol. The summed E-state index contributed by atoms with van der Waals surface area (Å²) in [5.41, 5.74) is 0.471. The lowest BCUT2D eigenvalue weighted by Gasteiger charge is -2.10. The lowest BCUT2D eigenvalue weighted by atomic mass is 10.1. The number of hydrogen-bond acceptors (Lipinski definition) is 6. The number of thioether (sulfide) groups is 2. The highest BCUT2D eigenvalue weighted by Crippen LogP contribution is 2.29. The number of rotatable bonds is 12. The molecule has 5 aromatic rings. The SMILES string of the molecule is O=C(OCCCSc1cccc2ccccc12)c1ccccc1C(=O)OCCCSc1cccc2ccccc12. The van der Waals surface area contributed by atoms with Gasteiger partial charge in [0, 0.05) is 21.3 Å². The van der Waals surface area contributed by atoms with Crippen LogP contribution in [0.4, 0.5) is 0 Å². The molecule has 0 aliphatic rings. The molecule has 5 rings (SSSR count). The number of ether oxygens (including phenoxy) is 2. The maximum atomic E-state index is 12.8. The van der Waals surface area contributed by atoms with Gasteiger partial charge >= 0.3 is 11.9 Å². The van der Waals surface area contributed by atoms with Crippen molar-refractivity contribution in [2.45, 2.75) is 22.6 Å². The minimum absolute atomic E-state index is 0.235. The van der Waals surface area contributed by atoms with Crippen molar-refractivity contribution in [3.63, 3.8) is 0 Å². The smallest absolute Gasteiger partial charge is 0.339 e. The van der Waals surface area contributed by atoms with Crippen molar-refractivity contribution < 1.29 is 19.1 Å². The van der Waals surface area contributed by atoms with Gasteiger partial charge in [0.2, 0.25) is 0 Å². The molecular weight excluding hydrogens is 537 g/mol. The van der Waals surface area contributed by atoms with Crippen LogP contribution in [-0.4, -0.2) is 36.7 Å². The zero-order valence-electron chi connectivity index (χ0n) is 22.1. The number of esters is 2. The van der Waals surface area contributed by atoms with Crippen LogP contribution in [0.15, 0.2) is 119 Å². The van der Waals surface area contributed by atoms with Crippen molar-refractivity contribution in [2.24, 2.45) is 0 Å². The third kappa shape index (κ3) is 7.06. The van der Waals surface area contributed by atoms with Crippen molar-refractivity contribution in [1.29, 1.82) is 0 Å². The van der Waals surface area contributed by atoms with Gasteiger partial charge in [0.15, 0.2) is 0 Å². The summed E-state index contributed by atoms with van der Waals surface area (Å²) in [5.74, 6) is 0.632. The second kappa shape index (κ2) is 14.1. The van der Waals surface area contributed by atoms with Gasteiger partial charge in [-0.25, -0.2) is 9.59 Å². The molecule has 0 N–H and O–H groups in total. The fraction of sp³-hybridized carbons (Fsp3) is 0.176. The molecule has 0 aliphatic carbocycles. The molecule has 0 saturated heterocycles. The third-order valence-corrected chi connectivity index (χ3v) is 8.74. The van der Waals surface area contributed by atoms with E-state index < -0.39 is 11.9 Å². The van der Waals surface area contributed by atoms with E-state index >= 15 is 0 Å². The van der Waals surface area contributed by atoms with Gasteiger partial charge in [-0.3, -0.25) is 0 Å². The summed E-state index contributed by atoms with van der Waals surface area (Å²) < 4.78 is 11.0. The van der Waals surface area contributed by atoms with Crippen LogP contribution >= 0.6 is 23.5 Å². The first-order chi connectivity index (χ1) is 19.7. The van der Waals surface area contributed by atoms with Crippen LogP contribution in [0.2, 0.25) is 0 Å².